The SMILES string of the molecule is N#CCc1ccc(NC(=O)COC(=O)c2cccc(O)c2)cc1. The van der Waals surface area contributed by atoms with Crippen molar-refractivity contribution in [1.29, 1.82) is 5.26 Å². The molecule has 2 rings (SSSR count). The van der Waals surface area contributed by atoms with E-state index in [0.717, 1.165) is 5.56 Å². The van der Waals surface area contributed by atoms with Gasteiger partial charge in [-0.3, -0.25) is 4.79 Å². The summed E-state index contributed by atoms with van der Waals surface area (Å²) in [4.78, 5) is 23.5. The minimum Gasteiger partial charge on any atom is -0.508 e. The third-order valence-electron chi connectivity index (χ3n) is 2.94. The molecule has 0 atom stereocenters. The number of phenols is 1. The van der Waals surface area contributed by atoms with Crippen molar-refractivity contribution in [2.45, 2.75) is 6.42 Å². The van der Waals surface area contributed by atoms with Gasteiger partial charge in [-0.05, 0) is 35.9 Å². The Morgan fingerprint density at radius 1 is 1.17 bits per heavy atom. The fourth-order valence-electron chi connectivity index (χ4n) is 1.84. The van der Waals surface area contributed by atoms with Crippen molar-refractivity contribution in [2.24, 2.45) is 0 Å². The quantitative estimate of drug-likeness (QED) is 0.825. The van der Waals surface area contributed by atoms with Crippen LogP contribution in [0.1, 0.15) is 15.9 Å². The number of phenolic OH excluding ortho intramolecular Hbond substituents is 1. The minimum absolute atomic E-state index is 0.0543. The van der Waals surface area contributed by atoms with Crippen molar-refractivity contribution >= 4 is 17.6 Å². The number of nitrogens with zero attached hydrogens (tertiary/aromatic N) is 1. The molecule has 2 N–H and O–H groups in total. The Bertz CT molecular complexity index is 748. The van der Waals surface area contributed by atoms with Gasteiger partial charge < -0.3 is 15.2 Å². The largest absolute Gasteiger partial charge is 0.508 e. The van der Waals surface area contributed by atoms with Crippen LogP contribution >= 0.6 is 0 Å². The summed E-state index contributed by atoms with van der Waals surface area (Å²) in [6, 6.07) is 14.5. The standard InChI is InChI=1S/C17H14N2O4/c18-9-8-12-4-6-14(7-5-12)19-16(21)11-23-17(22)13-2-1-3-15(20)10-13/h1-7,10,20H,8,11H2,(H,19,21). The van der Waals surface area contributed by atoms with Crippen molar-refractivity contribution < 1.29 is 19.4 Å². The minimum atomic E-state index is -0.694. The highest BCUT2D eigenvalue weighted by Crippen LogP contribution is 2.12. The molecule has 6 heteroatoms. The van der Waals surface area contributed by atoms with Gasteiger partial charge in [-0.15, -0.1) is 0 Å². The molecule has 1 amide bonds. The molecule has 0 unspecified atom stereocenters. The molecule has 0 aromatic heterocycles. The van der Waals surface area contributed by atoms with E-state index in [9.17, 15) is 14.7 Å². The number of benzene rings is 2. The van der Waals surface area contributed by atoms with Gasteiger partial charge >= 0.3 is 5.97 Å². The van der Waals surface area contributed by atoms with Crippen molar-refractivity contribution in [3.63, 3.8) is 0 Å². The molecule has 0 spiro atoms. The number of esters is 1. The van der Waals surface area contributed by atoms with E-state index in [2.05, 4.69) is 5.32 Å². The highest BCUT2D eigenvalue weighted by molar-refractivity contribution is 5.95. The summed E-state index contributed by atoms with van der Waals surface area (Å²) >= 11 is 0. The Morgan fingerprint density at radius 3 is 2.57 bits per heavy atom. The van der Waals surface area contributed by atoms with Crippen molar-refractivity contribution in [2.75, 3.05) is 11.9 Å². The van der Waals surface area contributed by atoms with Gasteiger partial charge in [0.15, 0.2) is 6.61 Å². The molecular formula is C17H14N2O4. The van der Waals surface area contributed by atoms with Gasteiger partial charge in [0.25, 0.3) is 5.91 Å². The first-order valence-electron chi connectivity index (χ1n) is 6.80. The zero-order valence-corrected chi connectivity index (χ0v) is 12.2. The van der Waals surface area contributed by atoms with E-state index >= 15 is 0 Å². The second-order valence-electron chi connectivity index (χ2n) is 4.71. The van der Waals surface area contributed by atoms with E-state index in [0.29, 0.717) is 12.1 Å². The van der Waals surface area contributed by atoms with Gasteiger partial charge in [0.05, 0.1) is 18.1 Å². The number of rotatable bonds is 5. The summed E-state index contributed by atoms with van der Waals surface area (Å²) in [6.45, 7) is -0.436. The number of ether oxygens (including phenoxy) is 1. The highest BCUT2D eigenvalue weighted by Gasteiger charge is 2.10. The highest BCUT2D eigenvalue weighted by atomic mass is 16.5. The van der Waals surface area contributed by atoms with E-state index in [1.54, 1.807) is 24.3 Å². The lowest BCUT2D eigenvalue weighted by atomic mass is 10.1. The van der Waals surface area contributed by atoms with Crippen LogP contribution < -0.4 is 5.32 Å². The number of nitriles is 1. The maximum Gasteiger partial charge on any atom is 0.338 e. The summed E-state index contributed by atoms with van der Waals surface area (Å²) in [7, 11) is 0. The van der Waals surface area contributed by atoms with Gasteiger partial charge in [0.1, 0.15) is 5.75 Å². The van der Waals surface area contributed by atoms with Crippen LogP contribution in [-0.4, -0.2) is 23.6 Å². The molecule has 0 heterocycles. The fraction of sp³-hybridized carbons (Fsp3) is 0.118. The molecule has 0 aliphatic carbocycles. The summed E-state index contributed by atoms with van der Waals surface area (Å²) < 4.78 is 4.87. The average Bonchev–Trinajstić information content (AvgIpc) is 2.55. The number of hydrogen-bond donors (Lipinski definition) is 2. The van der Waals surface area contributed by atoms with E-state index in [-0.39, 0.29) is 11.3 Å². The normalized spacial score (nSPS) is 9.70. The first kappa shape index (κ1) is 16.0. The Balaban J connectivity index is 1.85. The third kappa shape index (κ3) is 4.86. The molecule has 2 aromatic carbocycles. The molecule has 2 aromatic rings. The number of amides is 1. The molecule has 0 saturated heterocycles. The average molecular weight is 310 g/mol. The Kier molecular flexibility index (Phi) is 5.31. The Morgan fingerprint density at radius 2 is 1.91 bits per heavy atom. The molecule has 0 aliphatic rings. The van der Waals surface area contributed by atoms with E-state index < -0.39 is 18.5 Å². The molecule has 0 aliphatic heterocycles. The summed E-state index contributed by atoms with van der Waals surface area (Å²) in [5, 5.41) is 20.5. The van der Waals surface area contributed by atoms with Crippen molar-refractivity contribution in [1.82, 2.24) is 0 Å². The maximum atomic E-state index is 11.7. The number of carbonyl (C=O) groups excluding carboxylic acids is 2. The number of anilines is 1. The van der Waals surface area contributed by atoms with Crippen LogP contribution in [0.4, 0.5) is 5.69 Å². The third-order valence-corrected chi connectivity index (χ3v) is 2.94. The molecule has 116 valence electrons. The van der Waals surface area contributed by atoms with Crippen molar-refractivity contribution in [3.05, 3.63) is 59.7 Å². The van der Waals surface area contributed by atoms with E-state index in [1.807, 2.05) is 6.07 Å². The molecule has 0 fully saturated rings. The Labute approximate surface area is 132 Å². The first-order valence-corrected chi connectivity index (χ1v) is 6.80. The second kappa shape index (κ2) is 7.61. The molecular weight excluding hydrogens is 296 g/mol. The lowest BCUT2D eigenvalue weighted by Crippen LogP contribution is -2.20. The smallest absolute Gasteiger partial charge is 0.338 e. The zero-order chi connectivity index (χ0) is 16.7. The van der Waals surface area contributed by atoms with E-state index in [4.69, 9.17) is 10.00 Å². The topological polar surface area (TPSA) is 99.4 Å². The number of aromatic hydroxyl groups is 1. The number of carbonyl (C=O) groups is 2. The van der Waals surface area contributed by atoms with Crippen LogP contribution in [0.3, 0.4) is 0 Å². The lowest BCUT2D eigenvalue weighted by molar-refractivity contribution is -0.119. The van der Waals surface area contributed by atoms with Gasteiger partial charge in [-0.1, -0.05) is 18.2 Å². The predicted molar refractivity (Wildman–Crippen MR) is 82.8 cm³/mol. The fourth-order valence-corrected chi connectivity index (χ4v) is 1.84. The Hall–Kier alpha value is -3.33. The van der Waals surface area contributed by atoms with Gasteiger partial charge in [-0.25, -0.2) is 4.79 Å². The summed E-state index contributed by atoms with van der Waals surface area (Å²) in [6.07, 6.45) is 0.301. The second-order valence-corrected chi connectivity index (χ2v) is 4.71. The van der Waals surface area contributed by atoms with Crippen LogP contribution in [0.15, 0.2) is 48.5 Å². The summed E-state index contributed by atoms with van der Waals surface area (Å²) in [5.41, 5.74) is 1.56. The van der Waals surface area contributed by atoms with Gasteiger partial charge in [-0.2, -0.15) is 5.26 Å². The van der Waals surface area contributed by atoms with Gasteiger partial charge in [0, 0.05) is 5.69 Å². The maximum absolute atomic E-state index is 11.7. The molecule has 0 bridgehead atoms. The summed E-state index contributed by atoms with van der Waals surface area (Å²) in [5.74, 6) is -1.23. The van der Waals surface area contributed by atoms with Crippen LogP contribution in [0.25, 0.3) is 0 Å². The van der Waals surface area contributed by atoms with Crippen LogP contribution in [0, 0.1) is 11.3 Å². The molecule has 0 radical (unpaired) electrons. The zero-order valence-electron chi connectivity index (χ0n) is 12.2. The first-order chi connectivity index (χ1) is 11.1. The monoisotopic (exact) mass is 310 g/mol. The lowest BCUT2D eigenvalue weighted by Gasteiger charge is -2.07. The van der Waals surface area contributed by atoms with Gasteiger partial charge in [0.2, 0.25) is 0 Å². The van der Waals surface area contributed by atoms with E-state index in [1.165, 1.54) is 24.3 Å². The molecule has 6 nitrogen and oxygen atoms in total. The van der Waals surface area contributed by atoms with Crippen molar-refractivity contribution in [3.8, 4) is 11.8 Å². The van der Waals surface area contributed by atoms with Crippen LogP contribution in [-0.2, 0) is 16.0 Å². The van der Waals surface area contributed by atoms with Crippen LogP contribution in [0.2, 0.25) is 0 Å². The number of hydrogen-bond acceptors (Lipinski definition) is 5. The number of nitrogens with one attached hydrogen (secondary N) is 1. The predicted octanol–water partition coefficient (Wildman–Crippen LogP) is 2.25. The molecule has 0 saturated carbocycles. The molecule has 23 heavy (non-hydrogen) atoms. The van der Waals surface area contributed by atoms with Crippen LogP contribution in [0.5, 0.6) is 5.75 Å².